The Kier molecular flexibility index (Phi) is 15.1. The number of aliphatic hydroxyl groups excluding tert-OH is 1. The highest BCUT2D eigenvalue weighted by atomic mass is 79.9. The van der Waals surface area contributed by atoms with E-state index in [4.69, 9.17) is 4.74 Å². The van der Waals surface area contributed by atoms with E-state index in [0.29, 0.717) is 33.6 Å². The number of halogens is 1. The molecule has 4 aromatic carbocycles. The number of rotatable bonds is 15. The zero-order chi connectivity index (χ0) is 52.7. The number of carbonyl (C=O) groups is 6. The van der Waals surface area contributed by atoms with E-state index in [1.807, 2.05) is 90.1 Å². The largest absolute Gasteiger partial charge is 0.488 e. The van der Waals surface area contributed by atoms with Crippen molar-refractivity contribution in [3.63, 3.8) is 0 Å². The van der Waals surface area contributed by atoms with Gasteiger partial charge in [0.25, 0.3) is 11.8 Å². The fourth-order valence-corrected chi connectivity index (χ4v) is 11.9. The van der Waals surface area contributed by atoms with Gasteiger partial charge in [-0.05, 0) is 89.9 Å². The molecule has 0 aliphatic carbocycles. The second kappa shape index (κ2) is 21.5. The van der Waals surface area contributed by atoms with E-state index >= 15 is 0 Å². The molecule has 0 spiro atoms. The van der Waals surface area contributed by atoms with Crippen LogP contribution in [0.1, 0.15) is 108 Å². The second-order valence-electron chi connectivity index (χ2n) is 20.4. The molecule has 5 heterocycles. The third-order valence-electron chi connectivity index (χ3n) is 14.6. The van der Waals surface area contributed by atoms with Crippen molar-refractivity contribution in [1.29, 1.82) is 5.26 Å². The van der Waals surface area contributed by atoms with Gasteiger partial charge in [-0.15, -0.1) is 11.3 Å². The van der Waals surface area contributed by atoms with Crippen LogP contribution in [0.25, 0.3) is 10.4 Å². The first-order valence-electron chi connectivity index (χ1n) is 25.0. The average Bonchev–Trinajstić information content (AvgIpc) is 4.22. The van der Waals surface area contributed by atoms with Crippen molar-refractivity contribution in [3.05, 3.63) is 140 Å². The summed E-state index contributed by atoms with van der Waals surface area (Å²) in [5.74, 6) is -2.75. The number of ether oxygens (including phenoxy) is 1. The Bertz CT molecular complexity index is 3050. The molecule has 0 unspecified atom stereocenters. The molecule has 1 aromatic heterocycles. The molecule has 2 saturated heterocycles. The summed E-state index contributed by atoms with van der Waals surface area (Å²) in [6.45, 7) is 11.7. The third-order valence-corrected chi connectivity index (χ3v) is 16.1. The third kappa shape index (κ3) is 10.4. The molecule has 74 heavy (non-hydrogen) atoms. The zero-order valence-corrected chi connectivity index (χ0v) is 44.5. The van der Waals surface area contributed by atoms with Crippen molar-refractivity contribution in [2.45, 2.75) is 116 Å². The highest BCUT2D eigenvalue weighted by Gasteiger charge is 2.49. The number of β-amino-alcohol motifs (C(OH)–C–C–N with tert-alkyl or cyclic N) is 1. The number of nitrogens with one attached hydrogen (secondary N) is 2. The SMILES string of the molecule is Cc1ncsc1-c1ccc(CNC(=O)[C@@H]2C[C@@H](Oc3ccc4c(c3)C(=O)N([C@H](C(=O)N3C[C@H](O)C[C@H]3C(=O)N[C@@H](C)c3ccc(Br)cc3)C(C)C)C4)CN2C(=O)[C@H](C(C)C)N2Cc3ccc(C#N)cc3C2=O)cc1. The molecule has 384 valence electrons. The Labute approximate surface area is 442 Å². The van der Waals surface area contributed by atoms with Crippen LogP contribution in [0.15, 0.2) is 94.9 Å². The fraction of sp³-hybridized carbons (Fsp3) is 0.393. The lowest BCUT2D eigenvalue weighted by Gasteiger charge is -2.35. The zero-order valence-electron chi connectivity index (χ0n) is 42.1. The Morgan fingerprint density at radius 2 is 1.39 bits per heavy atom. The molecule has 4 aliphatic rings. The number of hydrogen-bond acceptors (Lipinski definition) is 11. The van der Waals surface area contributed by atoms with E-state index in [2.05, 4.69) is 37.6 Å². The molecule has 9 rings (SSSR count). The number of aromatic nitrogens is 1. The first-order chi connectivity index (χ1) is 35.4. The van der Waals surface area contributed by atoms with Crippen LogP contribution in [-0.4, -0.2) is 115 Å². The van der Waals surface area contributed by atoms with Gasteiger partial charge in [-0.2, -0.15) is 5.26 Å². The van der Waals surface area contributed by atoms with E-state index in [0.717, 1.165) is 31.7 Å². The summed E-state index contributed by atoms with van der Waals surface area (Å²) in [5, 5.41) is 26.4. The molecule has 16 nitrogen and oxygen atoms in total. The molecule has 0 saturated carbocycles. The first kappa shape index (κ1) is 51.9. The second-order valence-corrected chi connectivity index (χ2v) is 22.2. The lowest BCUT2D eigenvalue weighted by molar-refractivity contribution is -0.143. The molecule has 3 N–H and O–H groups in total. The molecule has 6 amide bonds. The molecule has 0 radical (unpaired) electrons. The van der Waals surface area contributed by atoms with Gasteiger partial charge >= 0.3 is 0 Å². The van der Waals surface area contributed by atoms with Crippen LogP contribution >= 0.6 is 27.3 Å². The number of carbonyl (C=O) groups excluding carboxylic acids is 6. The van der Waals surface area contributed by atoms with Crippen LogP contribution < -0.4 is 15.4 Å². The predicted molar refractivity (Wildman–Crippen MR) is 280 cm³/mol. The summed E-state index contributed by atoms with van der Waals surface area (Å²) in [4.78, 5) is 97.4. The van der Waals surface area contributed by atoms with E-state index in [1.165, 1.54) is 19.6 Å². The van der Waals surface area contributed by atoms with E-state index in [9.17, 15) is 39.1 Å². The van der Waals surface area contributed by atoms with Gasteiger partial charge in [-0.25, -0.2) is 4.98 Å². The molecule has 4 aliphatic heterocycles. The number of fused-ring (bicyclic) bond motifs is 2. The van der Waals surface area contributed by atoms with Crippen molar-refractivity contribution >= 4 is 62.7 Å². The quantitative estimate of drug-likeness (QED) is 0.0988. The number of thiazole rings is 1. The lowest BCUT2D eigenvalue weighted by atomic mass is 10.00. The Morgan fingerprint density at radius 3 is 1.99 bits per heavy atom. The number of nitriles is 1. The van der Waals surface area contributed by atoms with Gasteiger partial charge in [-0.3, -0.25) is 28.8 Å². The Balaban J connectivity index is 0.918. The van der Waals surface area contributed by atoms with Crippen LogP contribution in [-0.2, 0) is 38.8 Å². The Hall–Kier alpha value is -6.94. The molecule has 7 atom stereocenters. The maximum atomic E-state index is 15.0. The average molecular weight is 1080 g/mol. The van der Waals surface area contributed by atoms with Crippen molar-refractivity contribution < 1.29 is 38.6 Å². The molecule has 5 aromatic rings. The molecular formula is C56H59BrN8O8S. The lowest BCUT2D eigenvalue weighted by Crippen LogP contribution is -2.55. The predicted octanol–water partition coefficient (Wildman–Crippen LogP) is 6.92. The maximum absolute atomic E-state index is 15.0. The van der Waals surface area contributed by atoms with E-state index < -0.39 is 65.9 Å². The van der Waals surface area contributed by atoms with Crippen LogP contribution in [0.3, 0.4) is 0 Å². The van der Waals surface area contributed by atoms with Gasteiger partial charge in [0.15, 0.2) is 0 Å². The minimum Gasteiger partial charge on any atom is -0.488 e. The summed E-state index contributed by atoms with van der Waals surface area (Å²) in [6, 6.07) is 23.4. The summed E-state index contributed by atoms with van der Waals surface area (Å²) in [5.41, 5.74) is 7.92. The number of hydrogen-bond donors (Lipinski definition) is 3. The van der Waals surface area contributed by atoms with Gasteiger partial charge in [-0.1, -0.05) is 92.2 Å². The van der Waals surface area contributed by atoms with Gasteiger partial charge in [0.2, 0.25) is 23.6 Å². The van der Waals surface area contributed by atoms with Gasteiger partial charge in [0, 0.05) is 54.6 Å². The summed E-state index contributed by atoms with van der Waals surface area (Å²) < 4.78 is 7.48. The minimum absolute atomic E-state index is 0.00994. The topological polar surface area (TPSA) is 206 Å². The normalized spacial score (nSPS) is 20.4. The van der Waals surface area contributed by atoms with Crippen molar-refractivity contribution in [2.24, 2.45) is 11.8 Å². The number of benzene rings is 4. The summed E-state index contributed by atoms with van der Waals surface area (Å²) in [7, 11) is 0. The summed E-state index contributed by atoms with van der Waals surface area (Å²) in [6.07, 6.45) is -1.44. The number of amides is 6. The standard InChI is InChI=1S/C56H59BrN8O8S/c1-30(2)48(55(71)62-27-41(66)20-46(62)52(68)61-32(5)36-13-16-40(57)17-14-36)65-26-39-15-18-42(21-45(39)54(65)70)73-43-22-47(51(67)59-24-34-7-10-37(11-8-34)50-33(6)60-29-74-50)63(28-43)56(72)49(31(3)4)64-25-38-12-9-35(23-58)19-44(38)53(64)69/h7-19,21,29-32,41,43,46-49,66H,20,22,24-28H2,1-6H3,(H,59,67)(H,61,68)/t32-,41+,43+,46-,47-,48-,49-/m0/s1. The van der Waals surface area contributed by atoms with Crippen LogP contribution in [0, 0.1) is 30.1 Å². The smallest absolute Gasteiger partial charge is 0.255 e. The molecule has 0 bridgehead atoms. The van der Waals surface area contributed by atoms with Crippen molar-refractivity contribution in [2.75, 3.05) is 13.1 Å². The van der Waals surface area contributed by atoms with Crippen LogP contribution in [0.5, 0.6) is 5.75 Å². The highest BCUT2D eigenvalue weighted by Crippen LogP contribution is 2.36. The molecule has 2 fully saturated rings. The highest BCUT2D eigenvalue weighted by molar-refractivity contribution is 9.10. The number of aryl methyl sites for hydroxylation is 1. The van der Waals surface area contributed by atoms with Crippen LogP contribution in [0.4, 0.5) is 0 Å². The summed E-state index contributed by atoms with van der Waals surface area (Å²) >= 11 is 4.99. The van der Waals surface area contributed by atoms with E-state index in [-0.39, 0.29) is 69.4 Å². The van der Waals surface area contributed by atoms with Crippen molar-refractivity contribution in [1.82, 2.24) is 35.2 Å². The first-order valence-corrected chi connectivity index (χ1v) is 26.6. The fourth-order valence-electron chi connectivity index (χ4n) is 10.8. The molecular weight excluding hydrogens is 1020 g/mol. The Morgan fingerprint density at radius 1 is 0.797 bits per heavy atom. The number of nitrogens with zero attached hydrogens (tertiary/aromatic N) is 6. The number of aliphatic hydroxyl groups is 1. The number of likely N-dealkylation sites (tertiary alicyclic amines) is 2. The van der Waals surface area contributed by atoms with Crippen molar-refractivity contribution in [3.8, 4) is 22.3 Å². The van der Waals surface area contributed by atoms with Gasteiger partial charge < -0.3 is 40.1 Å². The molecule has 18 heteroatoms. The monoisotopic (exact) mass is 1080 g/mol. The minimum atomic E-state index is -0.971. The van der Waals surface area contributed by atoms with Gasteiger partial charge in [0.05, 0.1) is 46.4 Å². The van der Waals surface area contributed by atoms with E-state index in [1.54, 1.807) is 53.2 Å². The maximum Gasteiger partial charge on any atom is 0.255 e. The van der Waals surface area contributed by atoms with Gasteiger partial charge in [0.1, 0.15) is 36.0 Å². The van der Waals surface area contributed by atoms with Crippen LogP contribution in [0.2, 0.25) is 0 Å².